The largest absolute Gasteiger partial charge is 0.496 e. The monoisotopic (exact) mass is 265 g/mol. The molecule has 0 heterocycles. The Kier molecular flexibility index (Phi) is 7.53. The van der Waals surface area contributed by atoms with E-state index in [1.807, 2.05) is 18.2 Å². The van der Waals surface area contributed by atoms with Crippen LogP contribution in [0.2, 0.25) is 0 Å². The highest BCUT2D eigenvalue weighted by Crippen LogP contribution is 2.28. The first kappa shape index (κ1) is 16.0. The number of rotatable bonds is 9. The lowest BCUT2D eigenvalue weighted by Crippen LogP contribution is -2.26. The molecule has 0 aliphatic heterocycles. The van der Waals surface area contributed by atoms with Crippen LogP contribution < -0.4 is 10.1 Å². The summed E-state index contributed by atoms with van der Waals surface area (Å²) in [4.78, 5) is 0. The van der Waals surface area contributed by atoms with Gasteiger partial charge in [0.25, 0.3) is 0 Å². The molecule has 0 amide bonds. The molecule has 19 heavy (non-hydrogen) atoms. The van der Waals surface area contributed by atoms with Gasteiger partial charge in [-0.25, -0.2) is 0 Å². The fraction of sp³-hybridized carbons (Fsp3) is 0.625. The SMILES string of the molecule is CCCC(C)OC(CNCC)c1ccccc1OC. The summed E-state index contributed by atoms with van der Waals surface area (Å²) in [6, 6.07) is 8.09. The standard InChI is InChI=1S/C16H27NO2/c1-5-9-13(3)19-16(12-17-6-2)14-10-7-8-11-15(14)18-4/h7-8,10-11,13,16-17H,5-6,9,12H2,1-4H3. The number of hydrogen-bond donors (Lipinski definition) is 1. The van der Waals surface area contributed by atoms with E-state index >= 15 is 0 Å². The maximum atomic E-state index is 6.18. The molecule has 0 aliphatic carbocycles. The van der Waals surface area contributed by atoms with Crippen LogP contribution in [0.25, 0.3) is 0 Å². The lowest BCUT2D eigenvalue weighted by Gasteiger charge is -2.24. The van der Waals surface area contributed by atoms with E-state index in [1.54, 1.807) is 7.11 Å². The summed E-state index contributed by atoms with van der Waals surface area (Å²) in [7, 11) is 1.71. The van der Waals surface area contributed by atoms with Gasteiger partial charge in [0, 0.05) is 12.1 Å². The molecule has 108 valence electrons. The van der Waals surface area contributed by atoms with E-state index < -0.39 is 0 Å². The Morgan fingerprint density at radius 3 is 2.58 bits per heavy atom. The molecule has 3 heteroatoms. The minimum atomic E-state index is 0.0395. The fourth-order valence-electron chi connectivity index (χ4n) is 2.19. The molecule has 0 aromatic heterocycles. The van der Waals surface area contributed by atoms with Gasteiger partial charge in [0.1, 0.15) is 5.75 Å². The molecule has 2 atom stereocenters. The average molecular weight is 265 g/mol. The third kappa shape index (κ3) is 5.21. The zero-order valence-electron chi connectivity index (χ0n) is 12.6. The van der Waals surface area contributed by atoms with Gasteiger partial charge in [-0.15, -0.1) is 0 Å². The minimum Gasteiger partial charge on any atom is -0.496 e. The lowest BCUT2D eigenvalue weighted by molar-refractivity contribution is -0.00802. The van der Waals surface area contributed by atoms with Crippen molar-refractivity contribution in [2.24, 2.45) is 0 Å². The number of likely N-dealkylation sites (N-methyl/N-ethyl adjacent to an activating group) is 1. The van der Waals surface area contributed by atoms with Crippen LogP contribution in [0.1, 0.15) is 45.3 Å². The minimum absolute atomic E-state index is 0.0395. The highest BCUT2D eigenvalue weighted by atomic mass is 16.5. The van der Waals surface area contributed by atoms with Crippen molar-refractivity contribution >= 4 is 0 Å². The molecule has 1 aromatic rings. The average Bonchev–Trinajstić information content (AvgIpc) is 2.43. The first-order valence-electron chi connectivity index (χ1n) is 7.21. The van der Waals surface area contributed by atoms with Crippen LogP contribution in [0.15, 0.2) is 24.3 Å². The number of benzene rings is 1. The van der Waals surface area contributed by atoms with Crippen LogP contribution in [-0.2, 0) is 4.74 Å². The lowest BCUT2D eigenvalue weighted by atomic mass is 10.1. The Morgan fingerprint density at radius 2 is 1.95 bits per heavy atom. The maximum absolute atomic E-state index is 6.18. The van der Waals surface area contributed by atoms with Crippen LogP contribution in [0.4, 0.5) is 0 Å². The van der Waals surface area contributed by atoms with Crippen LogP contribution in [0.5, 0.6) is 5.75 Å². The highest BCUT2D eigenvalue weighted by Gasteiger charge is 2.18. The van der Waals surface area contributed by atoms with E-state index in [2.05, 4.69) is 32.2 Å². The summed E-state index contributed by atoms with van der Waals surface area (Å²) in [5.41, 5.74) is 1.12. The molecule has 0 saturated carbocycles. The second-order valence-electron chi connectivity index (χ2n) is 4.77. The zero-order valence-corrected chi connectivity index (χ0v) is 12.6. The van der Waals surface area contributed by atoms with E-state index in [4.69, 9.17) is 9.47 Å². The predicted octanol–water partition coefficient (Wildman–Crippen LogP) is 3.55. The first-order chi connectivity index (χ1) is 9.22. The van der Waals surface area contributed by atoms with Gasteiger partial charge in [0.15, 0.2) is 0 Å². The predicted molar refractivity (Wildman–Crippen MR) is 79.7 cm³/mol. The van der Waals surface area contributed by atoms with Crippen LogP contribution in [0.3, 0.4) is 0 Å². The van der Waals surface area contributed by atoms with E-state index in [0.29, 0.717) is 0 Å². The van der Waals surface area contributed by atoms with Crippen molar-refractivity contribution in [1.82, 2.24) is 5.32 Å². The third-order valence-electron chi connectivity index (χ3n) is 3.16. The Bertz CT molecular complexity index is 354. The fourth-order valence-corrected chi connectivity index (χ4v) is 2.19. The van der Waals surface area contributed by atoms with E-state index in [9.17, 15) is 0 Å². The molecule has 1 rings (SSSR count). The smallest absolute Gasteiger partial charge is 0.124 e. The topological polar surface area (TPSA) is 30.5 Å². The summed E-state index contributed by atoms with van der Waals surface area (Å²) in [5, 5.41) is 3.37. The van der Waals surface area contributed by atoms with Crippen molar-refractivity contribution < 1.29 is 9.47 Å². The molecule has 1 N–H and O–H groups in total. The Morgan fingerprint density at radius 1 is 1.21 bits per heavy atom. The summed E-state index contributed by atoms with van der Waals surface area (Å²) in [6.07, 6.45) is 2.52. The number of para-hydroxylation sites is 1. The summed E-state index contributed by atoms with van der Waals surface area (Å²) < 4.78 is 11.6. The number of hydrogen-bond acceptors (Lipinski definition) is 3. The molecule has 0 aliphatic rings. The van der Waals surface area contributed by atoms with Gasteiger partial charge in [-0.1, -0.05) is 38.5 Å². The van der Waals surface area contributed by atoms with Gasteiger partial charge >= 0.3 is 0 Å². The molecule has 0 radical (unpaired) electrons. The summed E-state index contributed by atoms with van der Waals surface area (Å²) in [6.45, 7) is 8.18. The van der Waals surface area contributed by atoms with Crippen molar-refractivity contribution in [2.75, 3.05) is 20.2 Å². The van der Waals surface area contributed by atoms with Crippen LogP contribution >= 0.6 is 0 Å². The Labute approximate surface area is 117 Å². The van der Waals surface area contributed by atoms with Crippen molar-refractivity contribution in [3.05, 3.63) is 29.8 Å². The van der Waals surface area contributed by atoms with Gasteiger partial charge in [0.2, 0.25) is 0 Å². The quantitative estimate of drug-likeness (QED) is 0.740. The molecule has 1 aromatic carbocycles. The second-order valence-corrected chi connectivity index (χ2v) is 4.77. The van der Waals surface area contributed by atoms with Crippen molar-refractivity contribution in [2.45, 2.75) is 45.8 Å². The van der Waals surface area contributed by atoms with Gasteiger partial charge in [-0.3, -0.25) is 0 Å². The number of ether oxygens (including phenoxy) is 2. The highest BCUT2D eigenvalue weighted by molar-refractivity contribution is 5.35. The molecular weight excluding hydrogens is 238 g/mol. The molecule has 0 bridgehead atoms. The van der Waals surface area contributed by atoms with Gasteiger partial charge in [-0.2, -0.15) is 0 Å². The normalized spacial score (nSPS) is 14.1. The van der Waals surface area contributed by atoms with Crippen LogP contribution in [-0.4, -0.2) is 26.3 Å². The Hall–Kier alpha value is -1.06. The number of nitrogens with one attached hydrogen (secondary N) is 1. The van der Waals surface area contributed by atoms with E-state index in [-0.39, 0.29) is 12.2 Å². The first-order valence-corrected chi connectivity index (χ1v) is 7.21. The summed E-state index contributed by atoms with van der Waals surface area (Å²) in [5.74, 6) is 0.897. The molecule has 2 unspecified atom stereocenters. The van der Waals surface area contributed by atoms with E-state index in [0.717, 1.165) is 37.2 Å². The number of methoxy groups -OCH3 is 1. The van der Waals surface area contributed by atoms with Gasteiger partial charge in [0.05, 0.1) is 19.3 Å². The van der Waals surface area contributed by atoms with E-state index in [1.165, 1.54) is 0 Å². The Balaban J connectivity index is 2.82. The second kappa shape index (κ2) is 8.94. The summed E-state index contributed by atoms with van der Waals surface area (Å²) >= 11 is 0. The van der Waals surface area contributed by atoms with Gasteiger partial charge in [-0.05, 0) is 26.0 Å². The van der Waals surface area contributed by atoms with Crippen molar-refractivity contribution in [1.29, 1.82) is 0 Å². The van der Waals surface area contributed by atoms with Crippen LogP contribution in [0, 0.1) is 0 Å². The maximum Gasteiger partial charge on any atom is 0.124 e. The molecule has 3 nitrogen and oxygen atoms in total. The molecule has 0 fully saturated rings. The molecule has 0 spiro atoms. The molecule has 0 saturated heterocycles. The van der Waals surface area contributed by atoms with Crippen molar-refractivity contribution in [3.8, 4) is 5.75 Å². The van der Waals surface area contributed by atoms with Crippen molar-refractivity contribution in [3.63, 3.8) is 0 Å². The zero-order chi connectivity index (χ0) is 14.1. The van der Waals surface area contributed by atoms with Gasteiger partial charge < -0.3 is 14.8 Å². The third-order valence-corrected chi connectivity index (χ3v) is 3.16. The molecular formula is C16H27NO2.